The van der Waals surface area contributed by atoms with Crippen LogP contribution in [-0.2, 0) is 16.0 Å². The van der Waals surface area contributed by atoms with Crippen molar-refractivity contribution in [2.24, 2.45) is 0 Å². The molecule has 2 N–H and O–H groups in total. The zero-order valence-corrected chi connectivity index (χ0v) is 19.1. The van der Waals surface area contributed by atoms with Gasteiger partial charge in [-0.1, -0.05) is 41.9 Å². The molecule has 0 saturated carbocycles. The third kappa shape index (κ3) is 4.75. The molecule has 0 fully saturated rings. The summed E-state index contributed by atoms with van der Waals surface area (Å²) in [6.07, 6.45) is 0.622. The summed E-state index contributed by atoms with van der Waals surface area (Å²) in [4.78, 5) is 63.0. The number of fused-ring (bicyclic) bond motifs is 2. The lowest BCUT2D eigenvalue weighted by Crippen LogP contribution is -2.42. The van der Waals surface area contributed by atoms with Gasteiger partial charge in [0.05, 0.1) is 16.1 Å². The van der Waals surface area contributed by atoms with Crippen LogP contribution in [-0.4, -0.2) is 42.6 Å². The van der Waals surface area contributed by atoms with Crippen LogP contribution in [0.25, 0.3) is 0 Å². The summed E-state index contributed by atoms with van der Waals surface area (Å²) < 4.78 is 4.95. The number of carbonyl (C=O) groups is 5. The predicted octanol–water partition coefficient (Wildman–Crippen LogP) is 3.40. The Kier molecular flexibility index (Phi) is 6.85. The van der Waals surface area contributed by atoms with E-state index < -0.39 is 30.3 Å². The predicted molar refractivity (Wildman–Crippen MR) is 125 cm³/mol. The number of imide groups is 1. The molecule has 2 aromatic carbocycles. The first-order valence-corrected chi connectivity index (χ1v) is 11.4. The van der Waals surface area contributed by atoms with Crippen LogP contribution in [0.1, 0.15) is 47.1 Å². The van der Waals surface area contributed by atoms with Crippen LogP contribution in [0.5, 0.6) is 0 Å². The van der Waals surface area contributed by atoms with E-state index in [0.29, 0.717) is 13.0 Å². The maximum atomic E-state index is 12.9. The van der Waals surface area contributed by atoms with Crippen LogP contribution in [0, 0.1) is 0 Å². The number of hydrogen-bond acceptors (Lipinski definition) is 7. The van der Waals surface area contributed by atoms with Gasteiger partial charge in [0.15, 0.2) is 18.2 Å². The Hall–Kier alpha value is -3.82. The monoisotopic (exact) mass is 496 g/mol. The van der Waals surface area contributed by atoms with E-state index in [2.05, 4.69) is 10.6 Å². The number of amides is 3. The number of urea groups is 1. The van der Waals surface area contributed by atoms with Gasteiger partial charge < -0.3 is 10.1 Å². The van der Waals surface area contributed by atoms with Crippen LogP contribution in [0.15, 0.2) is 53.9 Å². The first-order chi connectivity index (χ1) is 16.4. The number of halogens is 1. The second-order valence-corrected chi connectivity index (χ2v) is 8.67. The number of ether oxygens (including phenoxy) is 1. The van der Waals surface area contributed by atoms with E-state index in [0.717, 1.165) is 4.88 Å². The Morgan fingerprint density at radius 1 is 0.912 bits per heavy atom. The highest BCUT2D eigenvalue weighted by Crippen LogP contribution is 2.34. The minimum Gasteiger partial charge on any atom is -0.452 e. The number of esters is 1. The third-order valence-electron chi connectivity index (χ3n) is 5.07. The lowest BCUT2D eigenvalue weighted by molar-refractivity contribution is -0.123. The fraction of sp³-hybridized carbons (Fsp3) is 0.125. The van der Waals surface area contributed by atoms with Crippen molar-refractivity contribution >= 4 is 52.4 Å². The number of thiophene rings is 1. The molecule has 34 heavy (non-hydrogen) atoms. The standard InChI is InChI=1S/C24H17ClN2O6S/c25-20-17(8-7-16-19(20)22(30)15-6-2-1-5-14(15)21(16)29)23(31)33-12-18(28)27-24(32)26-10-9-13-4-3-11-34-13/h1-8,11H,9-10,12H2,(H2,26,27,28,32). The molecule has 3 amide bonds. The molecule has 4 rings (SSSR count). The zero-order valence-electron chi connectivity index (χ0n) is 17.6. The highest BCUT2D eigenvalue weighted by Gasteiger charge is 2.33. The van der Waals surface area contributed by atoms with E-state index >= 15 is 0 Å². The van der Waals surface area contributed by atoms with E-state index in [1.54, 1.807) is 29.5 Å². The molecule has 1 aromatic heterocycles. The molecule has 1 aliphatic carbocycles. The molecule has 0 atom stereocenters. The molecule has 0 saturated heterocycles. The fourth-order valence-electron chi connectivity index (χ4n) is 3.47. The van der Waals surface area contributed by atoms with E-state index in [-0.39, 0.29) is 38.6 Å². The normalized spacial score (nSPS) is 11.9. The topological polar surface area (TPSA) is 119 Å². The molecule has 1 heterocycles. The van der Waals surface area contributed by atoms with Crippen LogP contribution in [0.2, 0.25) is 5.02 Å². The Morgan fingerprint density at radius 2 is 1.65 bits per heavy atom. The van der Waals surface area contributed by atoms with Crippen molar-refractivity contribution in [2.45, 2.75) is 6.42 Å². The van der Waals surface area contributed by atoms with Crippen molar-refractivity contribution in [1.29, 1.82) is 0 Å². The average Bonchev–Trinajstić information content (AvgIpc) is 3.34. The van der Waals surface area contributed by atoms with Gasteiger partial charge in [-0.25, -0.2) is 9.59 Å². The number of nitrogens with one attached hydrogen (secondary N) is 2. The number of carbonyl (C=O) groups excluding carboxylic acids is 5. The van der Waals surface area contributed by atoms with Gasteiger partial charge in [-0.15, -0.1) is 11.3 Å². The van der Waals surface area contributed by atoms with Gasteiger partial charge in [0.2, 0.25) is 0 Å². The molecule has 0 unspecified atom stereocenters. The average molecular weight is 497 g/mol. The molecule has 8 nitrogen and oxygen atoms in total. The van der Waals surface area contributed by atoms with Gasteiger partial charge >= 0.3 is 12.0 Å². The second-order valence-electron chi connectivity index (χ2n) is 7.26. The summed E-state index contributed by atoms with van der Waals surface area (Å²) in [6, 6.07) is 12.0. The van der Waals surface area contributed by atoms with Crippen LogP contribution in [0.3, 0.4) is 0 Å². The molecular formula is C24H17ClN2O6S. The van der Waals surface area contributed by atoms with E-state index in [1.807, 2.05) is 17.5 Å². The molecule has 1 aliphatic rings. The lowest BCUT2D eigenvalue weighted by atomic mass is 9.83. The van der Waals surface area contributed by atoms with Crippen molar-refractivity contribution in [3.8, 4) is 0 Å². The first kappa shape index (κ1) is 23.3. The minimum atomic E-state index is -0.972. The maximum absolute atomic E-state index is 12.9. The van der Waals surface area contributed by atoms with E-state index in [4.69, 9.17) is 16.3 Å². The molecule has 0 radical (unpaired) electrons. The molecule has 0 spiro atoms. The fourth-order valence-corrected chi connectivity index (χ4v) is 4.51. The van der Waals surface area contributed by atoms with E-state index in [9.17, 15) is 24.0 Å². The molecule has 0 aliphatic heterocycles. The number of hydrogen-bond donors (Lipinski definition) is 2. The molecule has 172 valence electrons. The second kappa shape index (κ2) is 9.98. The minimum absolute atomic E-state index is 0.0854. The molecular weight excluding hydrogens is 480 g/mol. The van der Waals surface area contributed by atoms with Gasteiger partial charge in [0.25, 0.3) is 5.91 Å². The summed E-state index contributed by atoms with van der Waals surface area (Å²) in [5.74, 6) is -2.67. The summed E-state index contributed by atoms with van der Waals surface area (Å²) in [5.41, 5.74) is 0.277. The Labute approximate surface area is 202 Å². The number of rotatable bonds is 6. The Morgan fingerprint density at radius 3 is 2.35 bits per heavy atom. The van der Waals surface area contributed by atoms with Gasteiger partial charge in [-0.2, -0.15) is 0 Å². The largest absolute Gasteiger partial charge is 0.452 e. The third-order valence-corrected chi connectivity index (χ3v) is 6.40. The highest BCUT2D eigenvalue weighted by molar-refractivity contribution is 7.09. The van der Waals surface area contributed by atoms with Gasteiger partial charge in [0.1, 0.15) is 0 Å². The van der Waals surface area contributed by atoms with Gasteiger partial charge in [0, 0.05) is 28.1 Å². The van der Waals surface area contributed by atoms with Crippen molar-refractivity contribution in [2.75, 3.05) is 13.2 Å². The van der Waals surface area contributed by atoms with Gasteiger partial charge in [-0.3, -0.25) is 19.7 Å². The Bertz CT molecular complexity index is 1320. The lowest BCUT2D eigenvalue weighted by Gasteiger charge is -2.19. The van der Waals surface area contributed by atoms with Crippen LogP contribution >= 0.6 is 22.9 Å². The number of benzene rings is 2. The highest BCUT2D eigenvalue weighted by atomic mass is 35.5. The smallest absolute Gasteiger partial charge is 0.340 e. The summed E-state index contributed by atoms with van der Waals surface area (Å²) in [5, 5.41) is 6.29. The van der Waals surface area contributed by atoms with Crippen LogP contribution in [0.4, 0.5) is 4.79 Å². The molecule has 3 aromatic rings. The van der Waals surface area contributed by atoms with E-state index in [1.165, 1.54) is 18.2 Å². The van der Waals surface area contributed by atoms with Crippen molar-refractivity contribution in [1.82, 2.24) is 10.6 Å². The Balaban J connectivity index is 1.36. The van der Waals surface area contributed by atoms with Crippen molar-refractivity contribution in [3.63, 3.8) is 0 Å². The zero-order chi connectivity index (χ0) is 24.2. The van der Waals surface area contributed by atoms with Crippen molar-refractivity contribution in [3.05, 3.63) is 91.6 Å². The first-order valence-electron chi connectivity index (χ1n) is 10.1. The molecule has 0 bridgehead atoms. The summed E-state index contributed by atoms with van der Waals surface area (Å²) in [7, 11) is 0. The summed E-state index contributed by atoms with van der Waals surface area (Å²) in [6.45, 7) is -0.402. The summed E-state index contributed by atoms with van der Waals surface area (Å²) >= 11 is 7.87. The van der Waals surface area contributed by atoms with Crippen LogP contribution < -0.4 is 10.6 Å². The van der Waals surface area contributed by atoms with Crippen molar-refractivity contribution < 1.29 is 28.7 Å². The SMILES string of the molecule is O=C(COC(=O)c1ccc2c(c1Cl)C(=O)c1ccccc1C2=O)NC(=O)NCCc1cccs1. The maximum Gasteiger partial charge on any atom is 0.340 e. The quantitative estimate of drug-likeness (QED) is 0.395. The van der Waals surface area contributed by atoms with Gasteiger partial charge in [-0.05, 0) is 30.0 Å². The number of ketones is 2. The molecule has 10 heteroatoms.